The van der Waals surface area contributed by atoms with Gasteiger partial charge >= 0.3 is 0 Å². The van der Waals surface area contributed by atoms with Crippen LogP contribution in [0, 0.1) is 12.7 Å². The minimum absolute atomic E-state index is 0.193. The molecule has 0 atom stereocenters. The zero-order valence-electron chi connectivity index (χ0n) is 20.0. The molecule has 7 heteroatoms. The molecule has 0 amide bonds. The molecule has 0 unspecified atom stereocenters. The molecule has 0 aliphatic rings. The van der Waals surface area contributed by atoms with Crippen LogP contribution in [0.15, 0.2) is 102 Å². The van der Waals surface area contributed by atoms with E-state index in [0.29, 0.717) is 23.4 Å². The van der Waals surface area contributed by atoms with Gasteiger partial charge in [0.1, 0.15) is 5.82 Å². The number of halogens is 1. The van der Waals surface area contributed by atoms with Gasteiger partial charge in [-0.15, -0.1) is 0 Å². The Bertz CT molecular complexity index is 1640. The molecule has 182 valence electrons. The quantitative estimate of drug-likeness (QED) is 0.270. The summed E-state index contributed by atoms with van der Waals surface area (Å²) < 4.78 is 43.2. The van der Waals surface area contributed by atoms with Gasteiger partial charge in [-0.2, -0.15) is 0 Å². The summed E-state index contributed by atoms with van der Waals surface area (Å²) in [5.74, 6) is -0.368. The van der Waals surface area contributed by atoms with E-state index in [1.165, 1.54) is 10.0 Å². The van der Waals surface area contributed by atoms with Crippen LogP contribution in [-0.2, 0) is 16.6 Å². The first-order valence-electron chi connectivity index (χ1n) is 11.6. The molecule has 5 aromatic rings. The van der Waals surface area contributed by atoms with Crippen LogP contribution in [0.5, 0.6) is 0 Å². The van der Waals surface area contributed by atoms with Crippen LogP contribution in [0.4, 0.5) is 15.8 Å². The summed E-state index contributed by atoms with van der Waals surface area (Å²) in [5, 5.41) is 6.99. The average molecular weight is 500 g/mol. The first-order chi connectivity index (χ1) is 17.4. The van der Waals surface area contributed by atoms with Gasteiger partial charge in [0.25, 0.3) is 10.0 Å². The summed E-state index contributed by atoms with van der Waals surface area (Å²) in [6.45, 7) is 2.33. The van der Waals surface area contributed by atoms with Gasteiger partial charge in [0.15, 0.2) is 0 Å². The number of aryl methyl sites for hydroxylation is 1. The number of anilines is 2. The van der Waals surface area contributed by atoms with Crippen molar-refractivity contribution >= 4 is 32.3 Å². The first kappa shape index (κ1) is 23.8. The number of aromatic nitrogens is 1. The van der Waals surface area contributed by atoms with Crippen molar-refractivity contribution in [3.8, 4) is 11.1 Å². The Kier molecular flexibility index (Phi) is 6.35. The Morgan fingerprint density at radius 1 is 0.861 bits per heavy atom. The summed E-state index contributed by atoms with van der Waals surface area (Å²) in [4.78, 5) is 0.193. The lowest BCUT2D eigenvalue weighted by Gasteiger charge is -2.11. The number of rotatable bonds is 7. The molecule has 4 aromatic carbocycles. The largest absolute Gasteiger partial charge is 0.353 e. The van der Waals surface area contributed by atoms with Gasteiger partial charge in [-0.1, -0.05) is 54.6 Å². The van der Waals surface area contributed by atoms with Crippen LogP contribution in [0.2, 0.25) is 0 Å². The third kappa shape index (κ3) is 4.51. The van der Waals surface area contributed by atoms with E-state index in [2.05, 4.69) is 10.6 Å². The third-order valence-corrected chi connectivity index (χ3v) is 7.83. The van der Waals surface area contributed by atoms with Crippen molar-refractivity contribution in [3.63, 3.8) is 0 Å². The van der Waals surface area contributed by atoms with Crippen LogP contribution in [-0.4, -0.2) is 19.4 Å². The summed E-state index contributed by atoms with van der Waals surface area (Å²) in [7, 11) is -2.06. The molecule has 1 aromatic heterocycles. The zero-order valence-corrected chi connectivity index (χ0v) is 20.8. The lowest BCUT2D eigenvalue weighted by Crippen LogP contribution is -2.12. The standard InChI is InChI=1S/C29H26FN3O2S/c1-20-8-15-28(27(30)16-20)32-24-11-14-26-23(18-31-2)19-33(29(26)17-24)36(34,35)25-12-9-22(10-13-25)21-6-4-3-5-7-21/h3-17,19,31-32H,18H2,1-2H3. The van der Waals surface area contributed by atoms with E-state index in [-0.39, 0.29) is 10.7 Å². The lowest BCUT2D eigenvalue weighted by molar-refractivity contribution is 0.589. The highest BCUT2D eigenvalue weighted by Crippen LogP contribution is 2.31. The molecule has 0 aliphatic heterocycles. The van der Waals surface area contributed by atoms with Crippen molar-refractivity contribution in [2.45, 2.75) is 18.4 Å². The van der Waals surface area contributed by atoms with Gasteiger partial charge in [0.05, 0.1) is 16.1 Å². The molecule has 0 fully saturated rings. The van der Waals surface area contributed by atoms with Gasteiger partial charge in [0.2, 0.25) is 0 Å². The summed E-state index contributed by atoms with van der Waals surface area (Å²) >= 11 is 0. The Morgan fingerprint density at radius 3 is 2.28 bits per heavy atom. The maximum atomic E-state index is 14.4. The number of nitrogens with zero attached hydrogens (tertiary/aromatic N) is 1. The molecule has 0 saturated carbocycles. The van der Waals surface area contributed by atoms with Gasteiger partial charge in [-0.3, -0.25) is 0 Å². The van der Waals surface area contributed by atoms with Crippen molar-refractivity contribution < 1.29 is 12.8 Å². The molecule has 5 nitrogen and oxygen atoms in total. The molecular weight excluding hydrogens is 473 g/mol. The predicted octanol–water partition coefficient (Wildman–Crippen LogP) is 6.46. The summed E-state index contributed by atoms with van der Waals surface area (Å²) in [6.07, 6.45) is 1.65. The Labute approximate surface area is 210 Å². The monoisotopic (exact) mass is 499 g/mol. The van der Waals surface area contributed by atoms with Crippen LogP contribution < -0.4 is 10.6 Å². The van der Waals surface area contributed by atoms with Crippen molar-refractivity contribution in [3.05, 3.63) is 114 Å². The summed E-state index contributed by atoms with van der Waals surface area (Å²) in [5.41, 5.74) is 5.07. The van der Waals surface area contributed by atoms with Crippen LogP contribution in [0.3, 0.4) is 0 Å². The molecule has 2 N–H and O–H groups in total. The van der Waals surface area contributed by atoms with E-state index in [0.717, 1.165) is 27.6 Å². The van der Waals surface area contributed by atoms with Crippen LogP contribution in [0.1, 0.15) is 11.1 Å². The molecule has 0 aliphatic carbocycles. The number of fused-ring (bicyclic) bond motifs is 1. The van der Waals surface area contributed by atoms with E-state index in [1.54, 1.807) is 30.5 Å². The van der Waals surface area contributed by atoms with Gasteiger partial charge in [0, 0.05) is 23.8 Å². The van der Waals surface area contributed by atoms with Crippen molar-refractivity contribution in [2.75, 3.05) is 12.4 Å². The second kappa shape index (κ2) is 9.60. The zero-order chi connectivity index (χ0) is 25.3. The van der Waals surface area contributed by atoms with E-state index >= 15 is 0 Å². The topological polar surface area (TPSA) is 63.1 Å². The number of nitrogens with one attached hydrogen (secondary N) is 2. The Balaban J connectivity index is 1.57. The van der Waals surface area contributed by atoms with Crippen molar-refractivity contribution in [1.82, 2.24) is 9.29 Å². The fourth-order valence-electron chi connectivity index (χ4n) is 4.31. The first-order valence-corrected chi connectivity index (χ1v) is 13.0. The van der Waals surface area contributed by atoms with E-state index in [1.807, 2.05) is 74.6 Å². The van der Waals surface area contributed by atoms with Gasteiger partial charge in [-0.25, -0.2) is 16.8 Å². The maximum absolute atomic E-state index is 14.4. The highest BCUT2D eigenvalue weighted by atomic mass is 32.2. The third-order valence-electron chi connectivity index (χ3n) is 6.14. The second-order valence-electron chi connectivity index (χ2n) is 8.72. The lowest BCUT2D eigenvalue weighted by atomic mass is 10.1. The van der Waals surface area contributed by atoms with E-state index in [4.69, 9.17) is 0 Å². The molecule has 0 spiro atoms. The highest BCUT2D eigenvalue weighted by molar-refractivity contribution is 7.90. The number of hydrogen-bond acceptors (Lipinski definition) is 4. The van der Waals surface area contributed by atoms with Gasteiger partial charge < -0.3 is 10.6 Å². The molecule has 0 bridgehead atoms. The molecule has 0 saturated heterocycles. The van der Waals surface area contributed by atoms with Crippen molar-refractivity contribution in [2.24, 2.45) is 0 Å². The van der Waals surface area contributed by atoms with Crippen LogP contribution in [0.25, 0.3) is 22.0 Å². The summed E-state index contributed by atoms with van der Waals surface area (Å²) in [6, 6.07) is 27.1. The fraction of sp³-hybridized carbons (Fsp3) is 0.103. The molecule has 5 rings (SSSR count). The predicted molar refractivity (Wildman–Crippen MR) is 144 cm³/mol. The minimum atomic E-state index is -3.88. The number of hydrogen-bond donors (Lipinski definition) is 2. The van der Waals surface area contributed by atoms with Crippen molar-refractivity contribution in [1.29, 1.82) is 0 Å². The SMILES string of the molecule is CNCc1cn(S(=O)(=O)c2ccc(-c3ccccc3)cc2)c2cc(Nc3ccc(C)cc3F)ccc12. The molecule has 0 radical (unpaired) electrons. The minimum Gasteiger partial charge on any atom is -0.353 e. The fourth-order valence-corrected chi connectivity index (χ4v) is 5.70. The van der Waals surface area contributed by atoms with Gasteiger partial charge in [-0.05, 0) is 72.6 Å². The van der Waals surface area contributed by atoms with E-state index < -0.39 is 10.0 Å². The second-order valence-corrected chi connectivity index (χ2v) is 10.5. The maximum Gasteiger partial charge on any atom is 0.268 e. The highest BCUT2D eigenvalue weighted by Gasteiger charge is 2.22. The smallest absolute Gasteiger partial charge is 0.268 e. The van der Waals surface area contributed by atoms with Crippen LogP contribution >= 0.6 is 0 Å². The number of benzene rings is 4. The normalized spacial score (nSPS) is 11.6. The average Bonchev–Trinajstić information content (AvgIpc) is 3.25. The van der Waals surface area contributed by atoms with E-state index in [9.17, 15) is 12.8 Å². The molecule has 36 heavy (non-hydrogen) atoms. The Hall–Kier alpha value is -3.94. The molecule has 1 heterocycles. The molecular formula is C29H26FN3O2S. The Morgan fingerprint density at radius 2 is 1.58 bits per heavy atom.